The van der Waals surface area contributed by atoms with Crippen molar-refractivity contribution >= 4 is 5.96 Å². The molecule has 0 radical (unpaired) electrons. The van der Waals surface area contributed by atoms with Gasteiger partial charge in [0.2, 0.25) is 0 Å². The Labute approximate surface area is 86.4 Å². The van der Waals surface area contributed by atoms with E-state index in [1.54, 1.807) is 0 Å². The highest BCUT2D eigenvalue weighted by Crippen LogP contribution is 2.31. The zero-order valence-corrected chi connectivity index (χ0v) is 9.08. The molecule has 0 aromatic rings. The molecule has 1 heterocycles. The third-order valence-corrected chi connectivity index (χ3v) is 3.20. The lowest BCUT2D eigenvalue weighted by atomic mass is 10.1. The van der Waals surface area contributed by atoms with Gasteiger partial charge >= 0.3 is 0 Å². The van der Waals surface area contributed by atoms with Crippen LogP contribution in [0.4, 0.5) is 0 Å². The monoisotopic (exact) mass is 195 g/mol. The van der Waals surface area contributed by atoms with Gasteiger partial charge in [-0.3, -0.25) is 4.99 Å². The number of rotatable bonds is 5. The number of nitrogens with two attached hydrogens (primary N) is 1. The molecule has 2 aliphatic rings. The summed E-state index contributed by atoms with van der Waals surface area (Å²) in [7, 11) is 0. The molecule has 1 atom stereocenters. The van der Waals surface area contributed by atoms with Gasteiger partial charge in [-0.05, 0) is 19.3 Å². The highest BCUT2D eigenvalue weighted by molar-refractivity contribution is 5.80. The predicted octanol–water partition coefficient (Wildman–Crippen LogP) is 1.73. The molecule has 1 saturated carbocycles. The Bertz CT molecular complexity index is 221. The summed E-state index contributed by atoms with van der Waals surface area (Å²) in [5.74, 6) is 0.800. The molecule has 2 N–H and O–H groups in total. The maximum Gasteiger partial charge on any atom is 0.191 e. The van der Waals surface area contributed by atoms with Gasteiger partial charge in [0.05, 0.1) is 12.6 Å². The molecule has 0 bridgehead atoms. The minimum absolute atomic E-state index is 0.619. The van der Waals surface area contributed by atoms with Crippen LogP contribution in [0.25, 0.3) is 0 Å². The van der Waals surface area contributed by atoms with Crippen molar-refractivity contribution in [3.63, 3.8) is 0 Å². The van der Waals surface area contributed by atoms with E-state index in [4.69, 9.17) is 5.73 Å². The van der Waals surface area contributed by atoms with E-state index < -0.39 is 0 Å². The van der Waals surface area contributed by atoms with Gasteiger partial charge < -0.3 is 10.6 Å². The molecule has 1 unspecified atom stereocenters. The summed E-state index contributed by atoms with van der Waals surface area (Å²) in [5, 5.41) is 0. The summed E-state index contributed by atoms with van der Waals surface area (Å²) in [4.78, 5) is 6.73. The number of hydrogen-bond acceptors (Lipinski definition) is 3. The second-order valence-corrected chi connectivity index (χ2v) is 4.49. The maximum absolute atomic E-state index is 5.89. The predicted molar refractivity (Wildman–Crippen MR) is 59.3 cm³/mol. The van der Waals surface area contributed by atoms with Crippen LogP contribution in [-0.2, 0) is 0 Å². The van der Waals surface area contributed by atoms with Crippen molar-refractivity contribution in [2.75, 3.05) is 6.54 Å². The van der Waals surface area contributed by atoms with Crippen LogP contribution in [0.5, 0.6) is 0 Å². The van der Waals surface area contributed by atoms with Crippen molar-refractivity contribution in [2.45, 2.75) is 57.5 Å². The molecule has 3 nitrogen and oxygen atoms in total. The van der Waals surface area contributed by atoms with Crippen molar-refractivity contribution in [3.8, 4) is 0 Å². The largest absolute Gasteiger partial charge is 0.370 e. The van der Waals surface area contributed by atoms with Gasteiger partial charge in [0.15, 0.2) is 5.96 Å². The number of unbranched alkanes of at least 4 members (excludes halogenated alkanes) is 2. The third kappa shape index (κ3) is 2.02. The highest BCUT2D eigenvalue weighted by atomic mass is 15.4. The molecule has 0 aromatic carbocycles. The second kappa shape index (κ2) is 4.20. The van der Waals surface area contributed by atoms with E-state index in [0.29, 0.717) is 6.04 Å². The molecule has 1 aliphatic heterocycles. The lowest BCUT2D eigenvalue weighted by Crippen LogP contribution is -2.42. The van der Waals surface area contributed by atoms with Crippen LogP contribution in [-0.4, -0.2) is 29.5 Å². The number of nitrogens with zero attached hydrogens (tertiary/aromatic N) is 2. The Balaban J connectivity index is 1.81. The van der Waals surface area contributed by atoms with Crippen molar-refractivity contribution in [2.24, 2.45) is 10.7 Å². The summed E-state index contributed by atoms with van der Waals surface area (Å²) in [6.45, 7) is 3.18. The molecule has 1 fully saturated rings. The Morgan fingerprint density at radius 3 is 2.86 bits per heavy atom. The Hall–Kier alpha value is -0.730. The molecule has 0 saturated heterocycles. The summed E-state index contributed by atoms with van der Waals surface area (Å²) in [6.07, 6.45) is 7.88. The van der Waals surface area contributed by atoms with Crippen LogP contribution in [0.1, 0.15) is 45.4 Å². The zero-order chi connectivity index (χ0) is 9.97. The molecule has 2 rings (SSSR count). The Kier molecular flexibility index (Phi) is 2.94. The van der Waals surface area contributed by atoms with Crippen LogP contribution in [0, 0.1) is 0 Å². The topological polar surface area (TPSA) is 41.6 Å². The van der Waals surface area contributed by atoms with E-state index in [0.717, 1.165) is 18.5 Å². The SMILES string of the molecule is CCCCCC1CN=C(N)N1C1CC1. The van der Waals surface area contributed by atoms with E-state index in [2.05, 4.69) is 16.8 Å². The third-order valence-electron chi connectivity index (χ3n) is 3.20. The first-order chi connectivity index (χ1) is 6.83. The minimum Gasteiger partial charge on any atom is -0.370 e. The summed E-state index contributed by atoms with van der Waals surface area (Å²) >= 11 is 0. The quantitative estimate of drug-likeness (QED) is 0.679. The minimum atomic E-state index is 0.619. The standard InChI is InChI=1S/C11H21N3/c1-2-3-4-5-10-8-13-11(12)14(10)9-6-7-9/h9-10H,2-8H2,1H3,(H2,12,13). The fraction of sp³-hybridized carbons (Fsp3) is 0.909. The molecule has 1 aliphatic carbocycles. The average Bonchev–Trinajstić information content (AvgIpc) is 2.93. The molecule has 0 spiro atoms. The van der Waals surface area contributed by atoms with Crippen LogP contribution in [0.3, 0.4) is 0 Å². The molecule has 3 heteroatoms. The van der Waals surface area contributed by atoms with Crippen molar-refractivity contribution in [3.05, 3.63) is 0 Å². The molecule has 80 valence electrons. The fourth-order valence-electron chi connectivity index (χ4n) is 2.25. The second-order valence-electron chi connectivity index (χ2n) is 4.49. The summed E-state index contributed by atoms with van der Waals surface area (Å²) < 4.78 is 0. The smallest absolute Gasteiger partial charge is 0.191 e. The lowest BCUT2D eigenvalue weighted by Gasteiger charge is -2.26. The first-order valence-electron chi connectivity index (χ1n) is 5.91. The van der Waals surface area contributed by atoms with Gasteiger partial charge in [0, 0.05) is 6.04 Å². The van der Waals surface area contributed by atoms with Crippen molar-refractivity contribution < 1.29 is 0 Å². The summed E-state index contributed by atoms with van der Waals surface area (Å²) in [6, 6.07) is 1.35. The van der Waals surface area contributed by atoms with Gasteiger partial charge in [0.25, 0.3) is 0 Å². The van der Waals surface area contributed by atoms with Crippen LogP contribution in [0.2, 0.25) is 0 Å². The van der Waals surface area contributed by atoms with Gasteiger partial charge in [-0.25, -0.2) is 0 Å². The fourth-order valence-corrected chi connectivity index (χ4v) is 2.25. The van der Waals surface area contributed by atoms with Gasteiger partial charge in [0.1, 0.15) is 0 Å². The number of hydrogen-bond donors (Lipinski definition) is 1. The van der Waals surface area contributed by atoms with Crippen molar-refractivity contribution in [1.82, 2.24) is 4.90 Å². The van der Waals surface area contributed by atoms with E-state index in [1.807, 2.05) is 0 Å². The van der Waals surface area contributed by atoms with Gasteiger partial charge in [-0.2, -0.15) is 0 Å². The molecule has 0 amide bonds. The molecular formula is C11H21N3. The number of guanidine groups is 1. The average molecular weight is 195 g/mol. The van der Waals surface area contributed by atoms with E-state index in [9.17, 15) is 0 Å². The lowest BCUT2D eigenvalue weighted by molar-refractivity contribution is 0.308. The molecule has 0 aromatic heterocycles. The first-order valence-corrected chi connectivity index (χ1v) is 5.91. The van der Waals surface area contributed by atoms with Gasteiger partial charge in [-0.15, -0.1) is 0 Å². The maximum atomic E-state index is 5.89. The first kappa shape index (κ1) is 9.81. The molecule has 14 heavy (non-hydrogen) atoms. The van der Waals surface area contributed by atoms with E-state index in [1.165, 1.54) is 38.5 Å². The van der Waals surface area contributed by atoms with E-state index >= 15 is 0 Å². The van der Waals surface area contributed by atoms with Crippen LogP contribution < -0.4 is 5.73 Å². The number of aliphatic imine (C=N–C) groups is 1. The Morgan fingerprint density at radius 2 is 2.21 bits per heavy atom. The molecular weight excluding hydrogens is 174 g/mol. The Morgan fingerprint density at radius 1 is 1.43 bits per heavy atom. The van der Waals surface area contributed by atoms with Crippen LogP contribution in [0.15, 0.2) is 4.99 Å². The zero-order valence-electron chi connectivity index (χ0n) is 9.08. The van der Waals surface area contributed by atoms with Gasteiger partial charge in [-0.1, -0.05) is 26.2 Å². The normalized spacial score (nSPS) is 26.8. The highest BCUT2D eigenvalue weighted by Gasteiger charge is 2.37. The van der Waals surface area contributed by atoms with E-state index in [-0.39, 0.29) is 0 Å². The summed E-state index contributed by atoms with van der Waals surface area (Å²) in [5.41, 5.74) is 5.89. The van der Waals surface area contributed by atoms with Crippen LogP contribution >= 0.6 is 0 Å². The van der Waals surface area contributed by atoms with Crippen molar-refractivity contribution in [1.29, 1.82) is 0 Å².